The zero-order chi connectivity index (χ0) is 14.8. The fourth-order valence-electron chi connectivity index (χ4n) is 2.00. The van der Waals surface area contributed by atoms with E-state index in [-0.39, 0.29) is 0 Å². The van der Waals surface area contributed by atoms with Crippen LogP contribution in [0.2, 0.25) is 0 Å². The maximum atomic E-state index is 5.34. The van der Waals surface area contributed by atoms with Gasteiger partial charge in [0.2, 0.25) is 0 Å². The Hall–Kier alpha value is -2.02. The van der Waals surface area contributed by atoms with Crippen molar-refractivity contribution in [1.82, 2.24) is 24.7 Å². The van der Waals surface area contributed by atoms with Gasteiger partial charge in [-0.2, -0.15) is 4.98 Å². The van der Waals surface area contributed by atoms with Gasteiger partial charge in [-0.05, 0) is 5.92 Å². The third-order valence-corrected chi connectivity index (χ3v) is 4.08. The number of thiazole rings is 1. The molecule has 3 aromatic heterocycles. The summed E-state index contributed by atoms with van der Waals surface area (Å²) in [5.41, 5.74) is 1.05. The number of imidazole rings is 1. The van der Waals surface area contributed by atoms with Gasteiger partial charge >= 0.3 is 0 Å². The van der Waals surface area contributed by atoms with Gasteiger partial charge < -0.3 is 9.09 Å². The Morgan fingerprint density at radius 3 is 2.90 bits per heavy atom. The maximum absolute atomic E-state index is 5.34. The Labute approximate surface area is 126 Å². The zero-order valence-electron chi connectivity index (χ0n) is 12.3. The van der Waals surface area contributed by atoms with Crippen LogP contribution in [0.3, 0.4) is 0 Å². The SMILES string of the molecule is CC(C)Cc1ncc(-c2nc(Cc3cncn3C)no2)s1. The first kappa shape index (κ1) is 13.9. The molecule has 0 N–H and O–H groups in total. The maximum Gasteiger partial charge on any atom is 0.269 e. The van der Waals surface area contributed by atoms with Crippen LogP contribution in [0, 0.1) is 5.92 Å². The Morgan fingerprint density at radius 2 is 2.19 bits per heavy atom. The van der Waals surface area contributed by atoms with Crippen LogP contribution in [0.25, 0.3) is 10.8 Å². The first-order valence-electron chi connectivity index (χ1n) is 6.84. The van der Waals surface area contributed by atoms with Gasteiger partial charge in [0.05, 0.1) is 24.0 Å². The van der Waals surface area contributed by atoms with E-state index in [2.05, 4.69) is 34.0 Å². The largest absolute Gasteiger partial charge is 0.337 e. The highest BCUT2D eigenvalue weighted by Crippen LogP contribution is 2.26. The second-order valence-corrected chi connectivity index (χ2v) is 6.52. The van der Waals surface area contributed by atoms with E-state index in [0.717, 1.165) is 22.0 Å². The van der Waals surface area contributed by atoms with E-state index in [4.69, 9.17) is 4.52 Å². The quantitative estimate of drug-likeness (QED) is 0.725. The molecule has 0 atom stereocenters. The number of hydrogen-bond donors (Lipinski definition) is 0. The van der Waals surface area contributed by atoms with E-state index in [9.17, 15) is 0 Å². The highest BCUT2D eigenvalue weighted by atomic mass is 32.1. The predicted molar refractivity (Wildman–Crippen MR) is 80.0 cm³/mol. The van der Waals surface area contributed by atoms with Crippen molar-refractivity contribution in [3.8, 4) is 10.8 Å². The van der Waals surface area contributed by atoms with Crippen LogP contribution >= 0.6 is 11.3 Å². The Balaban J connectivity index is 1.75. The van der Waals surface area contributed by atoms with Crippen LogP contribution in [-0.4, -0.2) is 24.7 Å². The van der Waals surface area contributed by atoms with E-state index < -0.39 is 0 Å². The first-order chi connectivity index (χ1) is 10.1. The number of nitrogens with zero attached hydrogens (tertiary/aromatic N) is 5. The van der Waals surface area contributed by atoms with Crippen LogP contribution < -0.4 is 0 Å². The lowest BCUT2D eigenvalue weighted by Crippen LogP contribution is -1.97. The second-order valence-electron chi connectivity index (χ2n) is 5.40. The lowest BCUT2D eigenvalue weighted by atomic mass is 10.1. The van der Waals surface area contributed by atoms with Gasteiger partial charge in [-0.25, -0.2) is 9.97 Å². The van der Waals surface area contributed by atoms with Crippen molar-refractivity contribution in [2.45, 2.75) is 26.7 Å². The molecule has 0 radical (unpaired) electrons. The fourth-order valence-corrected chi connectivity index (χ4v) is 3.05. The highest BCUT2D eigenvalue weighted by Gasteiger charge is 2.14. The molecule has 0 fully saturated rings. The van der Waals surface area contributed by atoms with E-state index in [0.29, 0.717) is 24.1 Å². The molecular weight excluding hydrogens is 286 g/mol. The molecule has 0 unspecified atom stereocenters. The average molecular weight is 303 g/mol. The monoisotopic (exact) mass is 303 g/mol. The summed E-state index contributed by atoms with van der Waals surface area (Å²) in [6, 6.07) is 0. The first-order valence-corrected chi connectivity index (χ1v) is 7.66. The molecule has 0 aliphatic rings. The van der Waals surface area contributed by atoms with Crippen LogP contribution in [0.15, 0.2) is 23.2 Å². The van der Waals surface area contributed by atoms with Gasteiger partial charge in [-0.1, -0.05) is 19.0 Å². The van der Waals surface area contributed by atoms with Crippen molar-refractivity contribution in [1.29, 1.82) is 0 Å². The lowest BCUT2D eigenvalue weighted by Gasteiger charge is -1.97. The van der Waals surface area contributed by atoms with Gasteiger partial charge in [0.25, 0.3) is 5.89 Å². The molecule has 0 aliphatic carbocycles. The predicted octanol–water partition coefficient (Wildman–Crippen LogP) is 2.72. The average Bonchev–Trinajstić information content (AvgIpc) is 3.12. The van der Waals surface area contributed by atoms with Crippen molar-refractivity contribution in [2.24, 2.45) is 13.0 Å². The Kier molecular flexibility index (Phi) is 3.83. The van der Waals surface area contributed by atoms with Crippen molar-refractivity contribution in [2.75, 3.05) is 0 Å². The minimum absolute atomic E-state index is 0.541. The topological polar surface area (TPSA) is 69.6 Å². The smallest absolute Gasteiger partial charge is 0.269 e. The molecule has 3 rings (SSSR count). The third kappa shape index (κ3) is 3.18. The second kappa shape index (κ2) is 5.77. The molecule has 3 heterocycles. The van der Waals surface area contributed by atoms with E-state index >= 15 is 0 Å². The van der Waals surface area contributed by atoms with E-state index in [1.165, 1.54) is 0 Å². The van der Waals surface area contributed by atoms with Crippen molar-refractivity contribution in [3.05, 3.63) is 35.2 Å². The van der Waals surface area contributed by atoms with Crippen LogP contribution in [-0.2, 0) is 19.9 Å². The van der Waals surface area contributed by atoms with Gasteiger partial charge in [0, 0.05) is 25.4 Å². The third-order valence-electron chi connectivity index (χ3n) is 3.07. The van der Waals surface area contributed by atoms with Gasteiger partial charge in [-0.15, -0.1) is 11.3 Å². The summed E-state index contributed by atoms with van der Waals surface area (Å²) in [6.45, 7) is 4.36. The molecule has 0 amide bonds. The van der Waals surface area contributed by atoms with E-state index in [1.807, 2.05) is 24.0 Å². The molecule has 21 heavy (non-hydrogen) atoms. The molecule has 0 spiro atoms. The summed E-state index contributed by atoms with van der Waals surface area (Å²) in [7, 11) is 1.95. The minimum Gasteiger partial charge on any atom is -0.337 e. The van der Waals surface area contributed by atoms with Gasteiger partial charge in [0.1, 0.15) is 4.88 Å². The molecule has 110 valence electrons. The molecule has 0 aromatic carbocycles. The van der Waals surface area contributed by atoms with Gasteiger partial charge in [0.15, 0.2) is 5.82 Å². The summed E-state index contributed by atoms with van der Waals surface area (Å²) < 4.78 is 7.29. The highest BCUT2D eigenvalue weighted by molar-refractivity contribution is 7.15. The zero-order valence-corrected chi connectivity index (χ0v) is 13.1. The molecule has 0 saturated heterocycles. The molecule has 0 bridgehead atoms. The van der Waals surface area contributed by atoms with Crippen LogP contribution in [0.1, 0.15) is 30.4 Å². The normalized spacial score (nSPS) is 11.4. The number of hydrogen-bond acceptors (Lipinski definition) is 6. The number of rotatable bonds is 5. The van der Waals surface area contributed by atoms with Crippen LogP contribution in [0.5, 0.6) is 0 Å². The molecular formula is C14H17N5OS. The molecule has 6 nitrogen and oxygen atoms in total. The summed E-state index contributed by atoms with van der Waals surface area (Å²) >= 11 is 1.61. The number of aromatic nitrogens is 5. The Morgan fingerprint density at radius 1 is 1.33 bits per heavy atom. The van der Waals surface area contributed by atoms with E-state index in [1.54, 1.807) is 17.7 Å². The molecule has 0 saturated carbocycles. The standard InChI is InChI=1S/C14H17N5OS/c1-9(2)4-13-16-7-11(21-13)14-17-12(18-20-14)5-10-6-15-8-19(10)3/h6-9H,4-5H2,1-3H3. The van der Waals surface area contributed by atoms with Crippen molar-refractivity contribution in [3.63, 3.8) is 0 Å². The number of aryl methyl sites for hydroxylation is 1. The van der Waals surface area contributed by atoms with Crippen molar-refractivity contribution < 1.29 is 4.52 Å². The summed E-state index contributed by atoms with van der Waals surface area (Å²) in [4.78, 5) is 13.9. The van der Waals surface area contributed by atoms with Gasteiger partial charge in [-0.3, -0.25) is 0 Å². The molecule has 0 aliphatic heterocycles. The molecule has 3 aromatic rings. The minimum atomic E-state index is 0.541. The lowest BCUT2D eigenvalue weighted by molar-refractivity contribution is 0.424. The van der Waals surface area contributed by atoms with Crippen LogP contribution in [0.4, 0.5) is 0 Å². The summed E-state index contributed by atoms with van der Waals surface area (Å²) in [6.07, 6.45) is 6.96. The summed E-state index contributed by atoms with van der Waals surface area (Å²) in [5.74, 6) is 1.79. The Bertz CT molecular complexity index is 727. The summed E-state index contributed by atoms with van der Waals surface area (Å²) in [5, 5.41) is 5.13. The van der Waals surface area contributed by atoms with Crippen molar-refractivity contribution >= 4 is 11.3 Å². The fraction of sp³-hybridized carbons (Fsp3) is 0.429. The molecule has 7 heteroatoms.